The van der Waals surface area contributed by atoms with Crippen molar-refractivity contribution in [2.24, 2.45) is 5.92 Å². The molecule has 0 radical (unpaired) electrons. The lowest BCUT2D eigenvalue weighted by Gasteiger charge is -2.32. The van der Waals surface area contributed by atoms with Gasteiger partial charge in [0.25, 0.3) is 0 Å². The molecule has 2 fully saturated rings. The highest BCUT2D eigenvalue weighted by Crippen LogP contribution is 2.37. The highest BCUT2D eigenvalue weighted by Gasteiger charge is 2.35. The molecule has 0 unspecified atom stereocenters. The Labute approximate surface area is 153 Å². The third kappa shape index (κ3) is 3.04. The van der Waals surface area contributed by atoms with E-state index >= 15 is 0 Å². The Kier molecular flexibility index (Phi) is 4.34. The number of methoxy groups -OCH3 is 2. The smallest absolute Gasteiger partial charge is 0.225 e. The summed E-state index contributed by atoms with van der Waals surface area (Å²) in [5.74, 6) is 2.24. The molecule has 0 atom stereocenters. The van der Waals surface area contributed by atoms with Crippen LogP contribution in [-0.4, -0.2) is 43.1 Å². The summed E-state index contributed by atoms with van der Waals surface area (Å²) in [4.78, 5) is 19.1. The number of amides is 1. The van der Waals surface area contributed by atoms with Gasteiger partial charge in [-0.3, -0.25) is 9.78 Å². The van der Waals surface area contributed by atoms with Crippen molar-refractivity contribution < 1.29 is 14.3 Å². The number of rotatable bonds is 4. The lowest BCUT2D eigenvalue weighted by atomic mass is 9.91. The van der Waals surface area contributed by atoms with Crippen molar-refractivity contribution in [3.8, 4) is 11.5 Å². The Morgan fingerprint density at radius 2 is 1.73 bits per heavy atom. The summed E-state index contributed by atoms with van der Waals surface area (Å²) in [5.41, 5.74) is 8.81. The first kappa shape index (κ1) is 16.9. The molecule has 138 valence electrons. The second-order valence-electron chi connectivity index (χ2n) is 7.24. The summed E-state index contributed by atoms with van der Waals surface area (Å²) >= 11 is 0. The number of pyridine rings is 1. The van der Waals surface area contributed by atoms with Gasteiger partial charge in [-0.25, -0.2) is 0 Å². The van der Waals surface area contributed by atoms with E-state index in [-0.39, 0.29) is 11.8 Å². The molecule has 1 saturated carbocycles. The van der Waals surface area contributed by atoms with Crippen LogP contribution in [0.4, 0.5) is 5.69 Å². The van der Waals surface area contributed by atoms with Crippen LogP contribution >= 0.6 is 0 Å². The van der Waals surface area contributed by atoms with E-state index in [2.05, 4.69) is 0 Å². The van der Waals surface area contributed by atoms with Crippen LogP contribution in [0.2, 0.25) is 0 Å². The van der Waals surface area contributed by atoms with Gasteiger partial charge in [-0.1, -0.05) is 0 Å². The van der Waals surface area contributed by atoms with Crippen molar-refractivity contribution in [2.75, 3.05) is 33.0 Å². The molecular weight excluding hydrogens is 330 g/mol. The predicted molar refractivity (Wildman–Crippen MR) is 101 cm³/mol. The van der Waals surface area contributed by atoms with Gasteiger partial charge in [-0.15, -0.1) is 0 Å². The van der Waals surface area contributed by atoms with Crippen molar-refractivity contribution >= 4 is 22.5 Å². The molecule has 6 nitrogen and oxygen atoms in total. The number of aromatic nitrogens is 1. The van der Waals surface area contributed by atoms with Crippen LogP contribution < -0.4 is 15.2 Å². The maximum Gasteiger partial charge on any atom is 0.225 e. The Morgan fingerprint density at radius 1 is 1.08 bits per heavy atom. The molecule has 1 aromatic carbocycles. The summed E-state index contributed by atoms with van der Waals surface area (Å²) < 4.78 is 10.7. The summed E-state index contributed by atoms with van der Waals surface area (Å²) in [6.07, 6.45) is 3.94. The maximum absolute atomic E-state index is 12.2. The minimum Gasteiger partial charge on any atom is -0.493 e. The van der Waals surface area contributed by atoms with E-state index in [4.69, 9.17) is 20.2 Å². The predicted octanol–water partition coefficient (Wildman–Crippen LogP) is 2.95. The number of carbonyl (C=O) groups excluding carboxylic acids is 1. The lowest BCUT2D eigenvalue weighted by Crippen LogP contribution is -2.39. The van der Waals surface area contributed by atoms with Crippen molar-refractivity contribution in [2.45, 2.75) is 31.6 Å². The fourth-order valence-corrected chi connectivity index (χ4v) is 3.82. The first-order valence-corrected chi connectivity index (χ1v) is 9.21. The Bertz CT molecular complexity index is 840. The average Bonchev–Trinajstić information content (AvgIpc) is 3.51. The molecule has 1 aromatic heterocycles. The summed E-state index contributed by atoms with van der Waals surface area (Å²) in [6.45, 7) is 1.59. The van der Waals surface area contributed by atoms with Gasteiger partial charge >= 0.3 is 0 Å². The number of hydrogen-bond acceptors (Lipinski definition) is 5. The summed E-state index contributed by atoms with van der Waals surface area (Å²) in [7, 11) is 3.24. The molecule has 1 aliphatic carbocycles. The highest BCUT2D eigenvalue weighted by molar-refractivity contribution is 5.86. The van der Waals surface area contributed by atoms with E-state index in [1.165, 1.54) is 0 Å². The average molecular weight is 355 g/mol. The van der Waals surface area contributed by atoms with Crippen LogP contribution in [0.5, 0.6) is 11.5 Å². The molecular formula is C20H25N3O3. The molecule has 0 spiro atoms. The van der Waals surface area contributed by atoms with Crippen LogP contribution in [-0.2, 0) is 4.79 Å². The number of likely N-dealkylation sites (tertiary alicyclic amines) is 1. The van der Waals surface area contributed by atoms with E-state index in [1.807, 2.05) is 23.1 Å². The van der Waals surface area contributed by atoms with E-state index in [1.54, 1.807) is 14.2 Å². The normalized spacial score (nSPS) is 18.2. The van der Waals surface area contributed by atoms with Crippen LogP contribution in [0, 0.1) is 5.92 Å². The van der Waals surface area contributed by atoms with Gasteiger partial charge in [0.2, 0.25) is 5.91 Å². The quantitative estimate of drug-likeness (QED) is 0.912. The van der Waals surface area contributed by atoms with Gasteiger partial charge in [0, 0.05) is 36.4 Å². The van der Waals surface area contributed by atoms with Crippen LogP contribution in [0.25, 0.3) is 10.9 Å². The number of benzene rings is 1. The van der Waals surface area contributed by atoms with E-state index in [0.717, 1.165) is 55.4 Å². The van der Waals surface area contributed by atoms with E-state index in [0.29, 0.717) is 23.1 Å². The standard InChI is InChI=1S/C20H25N3O3/c1-25-17-10-14-9-15(21)19(22-16(14)11-18(17)26-2)12-5-7-23(8-6-12)20(24)13-3-4-13/h9-13H,3-8,21H2,1-2H3. The van der Waals surface area contributed by atoms with Crippen molar-refractivity contribution in [3.05, 3.63) is 23.9 Å². The third-order valence-electron chi connectivity index (χ3n) is 5.50. The molecule has 2 N–H and O–H groups in total. The minimum absolute atomic E-state index is 0.288. The summed E-state index contributed by atoms with van der Waals surface area (Å²) in [5, 5.41) is 0.935. The third-order valence-corrected chi connectivity index (χ3v) is 5.50. The second kappa shape index (κ2) is 6.67. The number of nitrogens with zero attached hydrogens (tertiary/aromatic N) is 2. The first-order chi connectivity index (χ1) is 12.6. The fourth-order valence-electron chi connectivity index (χ4n) is 3.82. The number of anilines is 1. The molecule has 2 aromatic rings. The maximum atomic E-state index is 12.2. The van der Waals surface area contributed by atoms with Gasteiger partial charge in [0.05, 0.1) is 31.1 Å². The zero-order valence-corrected chi connectivity index (χ0v) is 15.3. The van der Waals surface area contributed by atoms with Gasteiger partial charge in [-0.2, -0.15) is 0 Å². The monoisotopic (exact) mass is 355 g/mol. The molecule has 1 aliphatic heterocycles. The lowest BCUT2D eigenvalue weighted by molar-refractivity contribution is -0.133. The van der Waals surface area contributed by atoms with Crippen LogP contribution in [0.3, 0.4) is 0 Å². The Morgan fingerprint density at radius 3 is 2.35 bits per heavy atom. The van der Waals surface area contributed by atoms with Gasteiger partial charge in [-0.05, 0) is 37.8 Å². The van der Waals surface area contributed by atoms with Crippen LogP contribution in [0.1, 0.15) is 37.3 Å². The second-order valence-corrected chi connectivity index (χ2v) is 7.24. The number of ether oxygens (including phenoxy) is 2. The molecule has 0 bridgehead atoms. The minimum atomic E-state index is 0.288. The Balaban J connectivity index is 1.58. The topological polar surface area (TPSA) is 77.7 Å². The van der Waals surface area contributed by atoms with Crippen molar-refractivity contribution in [1.82, 2.24) is 9.88 Å². The van der Waals surface area contributed by atoms with E-state index < -0.39 is 0 Å². The SMILES string of the molecule is COc1cc2cc(N)c(C3CCN(C(=O)C4CC4)CC3)nc2cc1OC. The largest absolute Gasteiger partial charge is 0.493 e. The number of piperidine rings is 1. The molecule has 26 heavy (non-hydrogen) atoms. The number of hydrogen-bond donors (Lipinski definition) is 1. The first-order valence-electron chi connectivity index (χ1n) is 9.21. The molecule has 4 rings (SSSR count). The number of fused-ring (bicyclic) bond motifs is 1. The van der Waals surface area contributed by atoms with Crippen molar-refractivity contribution in [1.29, 1.82) is 0 Å². The van der Waals surface area contributed by atoms with Crippen LogP contribution in [0.15, 0.2) is 18.2 Å². The van der Waals surface area contributed by atoms with Crippen molar-refractivity contribution in [3.63, 3.8) is 0 Å². The number of nitrogens with two attached hydrogens (primary N) is 1. The zero-order chi connectivity index (χ0) is 18.3. The molecule has 2 aliphatic rings. The van der Waals surface area contributed by atoms with Gasteiger partial charge in [0.15, 0.2) is 11.5 Å². The molecule has 2 heterocycles. The zero-order valence-electron chi connectivity index (χ0n) is 15.3. The highest BCUT2D eigenvalue weighted by atomic mass is 16.5. The fraction of sp³-hybridized carbons (Fsp3) is 0.500. The Hall–Kier alpha value is -2.50. The molecule has 1 amide bonds. The number of nitrogen functional groups attached to an aromatic ring is 1. The van der Waals surface area contributed by atoms with Gasteiger partial charge < -0.3 is 20.1 Å². The summed E-state index contributed by atoms with van der Waals surface area (Å²) in [6, 6.07) is 5.75. The molecule has 6 heteroatoms. The van der Waals surface area contributed by atoms with E-state index in [9.17, 15) is 4.79 Å². The molecule has 1 saturated heterocycles. The number of carbonyl (C=O) groups is 1. The van der Waals surface area contributed by atoms with Gasteiger partial charge in [0.1, 0.15) is 0 Å².